The highest BCUT2D eigenvalue weighted by Crippen LogP contribution is 2.60. The van der Waals surface area contributed by atoms with Gasteiger partial charge in [0.1, 0.15) is 0 Å². The first kappa shape index (κ1) is 76.6. The Morgan fingerprint density at radius 3 is 0.937 bits per heavy atom. The van der Waals surface area contributed by atoms with E-state index in [1.807, 2.05) is 24.3 Å². The number of rotatable bonds is 19. The topological polar surface area (TPSA) is 3.24 Å². The van der Waals surface area contributed by atoms with Gasteiger partial charge in [0.05, 0.1) is 0 Å². The fourth-order valence-corrected chi connectivity index (χ4v) is 17.6. The highest BCUT2D eigenvalue weighted by Gasteiger charge is 2.42. The SMILES string of the molecule is CCCCCCCCC1(CCCCCCCC)c2cc(C)ccc2-c2ccc(C)cc21.Cc1ccc(-c2c3c(c(-c4ccc(C)cc4)c4ccccc24)-c2ccc4c5cccc6cccc(c7ccc-3c2c74)c65)cc1.Cc1ccc(C)cc1.Cc1ccc(N(c2ccccc2)c2ccc(C)cc2)cc1.Cc1ccccc1. The van der Waals surface area contributed by atoms with Gasteiger partial charge in [-0.3, -0.25) is 0 Å². The minimum absolute atomic E-state index is 0.234. The average Bonchev–Trinajstić information content (AvgIpc) is 1.55. The monoisotopic (exact) mass is 1450 g/mol. The molecule has 0 aromatic heterocycles. The Morgan fingerprint density at radius 1 is 0.225 bits per heavy atom. The summed E-state index contributed by atoms with van der Waals surface area (Å²) in [5.74, 6) is 0. The number of fused-ring (bicyclic) bond motifs is 9. The van der Waals surface area contributed by atoms with Crippen LogP contribution < -0.4 is 4.90 Å². The molecule has 0 heterocycles. The van der Waals surface area contributed by atoms with Gasteiger partial charge < -0.3 is 4.90 Å². The summed E-state index contributed by atoms with van der Waals surface area (Å²) in [6, 6.07) is 111. The predicted octanol–water partition coefficient (Wildman–Crippen LogP) is 32.6. The molecule has 0 saturated heterocycles. The third-order valence-electron chi connectivity index (χ3n) is 23.4. The Balaban J connectivity index is 0.000000133. The lowest BCUT2D eigenvalue weighted by atomic mass is 9.70. The fourth-order valence-electron chi connectivity index (χ4n) is 17.6. The zero-order chi connectivity index (χ0) is 77.0. The van der Waals surface area contributed by atoms with E-state index in [0.717, 1.165) is 0 Å². The lowest BCUT2D eigenvalue weighted by Gasteiger charge is -2.33. The number of anilines is 3. The van der Waals surface area contributed by atoms with Crippen molar-refractivity contribution < 1.29 is 0 Å². The van der Waals surface area contributed by atoms with Gasteiger partial charge in [-0.05, 0) is 232 Å². The van der Waals surface area contributed by atoms with Gasteiger partial charge >= 0.3 is 0 Å². The van der Waals surface area contributed by atoms with Crippen LogP contribution in [0.2, 0.25) is 0 Å². The number of hydrogen-bond donors (Lipinski definition) is 0. The summed E-state index contributed by atoms with van der Waals surface area (Å²) in [4.78, 5) is 2.28. The van der Waals surface area contributed by atoms with Crippen molar-refractivity contribution in [2.45, 2.75) is 171 Å². The molecule has 0 bridgehead atoms. The van der Waals surface area contributed by atoms with Crippen molar-refractivity contribution in [2.24, 2.45) is 0 Å². The molecule has 2 aliphatic carbocycles. The maximum atomic E-state index is 2.53. The first-order chi connectivity index (χ1) is 54.2. The Labute approximate surface area is 663 Å². The van der Waals surface area contributed by atoms with Gasteiger partial charge in [-0.2, -0.15) is 0 Å². The number of unbranched alkanes of at least 4 members (excludes halogenated alkanes) is 10. The number of nitrogens with zero attached hydrogens (tertiary/aromatic N) is 1. The minimum Gasteiger partial charge on any atom is -0.311 e. The molecule has 16 aromatic carbocycles. The van der Waals surface area contributed by atoms with Gasteiger partial charge in [-0.1, -0.05) is 408 Å². The van der Waals surface area contributed by atoms with Gasteiger partial charge in [0.2, 0.25) is 0 Å². The van der Waals surface area contributed by atoms with Gasteiger partial charge in [0.15, 0.2) is 0 Å². The van der Waals surface area contributed by atoms with Gasteiger partial charge in [0.25, 0.3) is 0 Å². The summed E-state index contributed by atoms with van der Waals surface area (Å²) in [5.41, 5.74) is 32.6. The molecule has 0 saturated carbocycles. The van der Waals surface area contributed by atoms with Crippen LogP contribution in [-0.4, -0.2) is 0 Å². The predicted molar refractivity (Wildman–Crippen MR) is 486 cm³/mol. The molecule has 18 rings (SSSR count). The van der Waals surface area contributed by atoms with Crippen molar-refractivity contribution in [3.63, 3.8) is 0 Å². The molecule has 0 unspecified atom stereocenters. The molecule has 16 aromatic rings. The van der Waals surface area contributed by atoms with Crippen LogP contribution >= 0.6 is 0 Å². The van der Waals surface area contributed by atoms with Crippen molar-refractivity contribution in [2.75, 3.05) is 4.90 Å². The van der Waals surface area contributed by atoms with Crippen LogP contribution in [0.15, 0.2) is 303 Å². The third-order valence-corrected chi connectivity index (χ3v) is 23.4. The van der Waals surface area contributed by atoms with Crippen LogP contribution in [0.5, 0.6) is 0 Å². The quantitative estimate of drug-likeness (QED) is 0.0443. The zero-order valence-corrected chi connectivity index (χ0v) is 67.7. The van der Waals surface area contributed by atoms with Gasteiger partial charge in [0, 0.05) is 22.5 Å². The van der Waals surface area contributed by atoms with Crippen molar-refractivity contribution in [1.82, 2.24) is 0 Å². The van der Waals surface area contributed by atoms with E-state index < -0.39 is 0 Å². The maximum Gasteiger partial charge on any atom is 0.0461 e. The highest BCUT2D eigenvalue weighted by atomic mass is 15.1. The molecule has 0 fully saturated rings. The summed E-state index contributed by atoms with van der Waals surface area (Å²) in [7, 11) is 0. The Bertz CT molecular complexity index is 5470. The van der Waals surface area contributed by atoms with Crippen LogP contribution in [0.1, 0.15) is 165 Å². The third kappa shape index (κ3) is 16.7. The molecule has 0 atom stereocenters. The largest absolute Gasteiger partial charge is 0.311 e. The second-order valence-electron chi connectivity index (χ2n) is 31.9. The molecule has 1 nitrogen and oxygen atoms in total. The second-order valence-corrected chi connectivity index (χ2v) is 31.9. The van der Waals surface area contributed by atoms with Crippen LogP contribution in [-0.2, 0) is 5.41 Å². The number of benzene rings is 16. The lowest BCUT2D eigenvalue weighted by molar-refractivity contribution is 0.397. The van der Waals surface area contributed by atoms with Crippen LogP contribution in [0.3, 0.4) is 0 Å². The first-order valence-electron chi connectivity index (χ1n) is 41.3. The van der Waals surface area contributed by atoms with Crippen molar-refractivity contribution >= 4 is 70.9 Å². The van der Waals surface area contributed by atoms with Crippen LogP contribution in [0, 0.1) is 62.3 Å². The first-order valence-corrected chi connectivity index (χ1v) is 41.3. The van der Waals surface area contributed by atoms with E-state index in [9.17, 15) is 0 Å². The van der Waals surface area contributed by atoms with E-state index in [1.54, 1.807) is 11.1 Å². The number of hydrogen-bond acceptors (Lipinski definition) is 1. The molecule has 0 radical (unpaired) electrons. The molecule has 111 heavy (non-hydrogen) atoms. The molecular weight excluding hydrogens is 1340 g/mol. The van der Waals surface area contributed by atoms with E-state index in [1.165, 1.54) is 267 Å². The van der Waals surface area contributed by atoms with Crippen LogP contribution in [0.4, 0.5) is 17.1 Å². The summed E-state index contributed by atoms with van der Waals surface area (Å²) in [6.45, 7) is 24.0. The minimum atomic E-state index is 0.234. The molecular formula is C110H111N. The second kappa shape index (κ2) is 35.3. The van der Waals surface area contributed by atoms with Crippen LogP contribution in [0.25, 0.3) is 109 Å². The molecule has 0 spiro atoms. The summed E-state index contributed by atoms with van der Waals surface area (Å²) >= 11 is 0. The van der Waals surface area contributed by atoms with Crippen molar-refractivity contribution in [3.05, 3.63) is 365 Å². The number of aryl methyl sites for hydroxylation is 9. The van der Waals surface area contributed by atoms with Crippen molar-refractivity contribution in [3.8, 4) is 55.6 Å². The molecule has 0 N–H and O–H groups in total. The number of para-hydroxylation sites is 1. The van der Waals surface area contributed by atoms with Crippen molar-refractivity contribution in [1.29, 1.82) is 0 Å². The van der Waals surface area contributed by atoms with E-state index >= 15 is 0 Å². The molecule has 556 valence electrons. The van der Waals surface area contributed by atoms with E-state index in [0.29, 0.717) is 0 Å². The Hall–Kier alpha value is -11.1. The maximum absolute atomic E-state index is 2.53. The Kier molecular flexibility index (Phi) is 24.4. The summed E-state index contributed by atoms with van der Waals surface area (Å²) < 4.78 is 0. The zero-order valence-electron chi connectivity index (χ0n) is 67.7. The van der Waals surface area contributed by atoms with E-state index in [2.05, 4.69) is 360 Å². The standard InChI is InChI=1S/C44H28.C31H46.C20H19N.C8H10.C7H8/c1-25-13-17-28(18-14-25)39-32-9-3-4-10-33(32)40(29-19-15-26(2)16-20-29)44-37-24-22-35-31-12-6-8-27-7-5-11-30(38(27)31)34-21-23-36(43(39)44)42(37)41(34)35;1-5-7-9-11-13-15-21-31(22-16-14-12-10-8-6-2)29-23-25(3)17-19-27(29)28-20-18-26(4)24-30(28)31;1-16-8-12-19(13-9-16)21(18-6-4-3-5-7-18)20-14-10-17(2)11-15-20;1-7-3-5-8(2)6-4-7;1-7-5-3-2-4-6-7/h3-24H,1-2H3;17-20,23-24H,5-16,21-22H2,1-4H3;3-15H,1-2H3;3-6H,1-2H3;2-6H,1H3. The normalized spacial score (nSPS) is 12.0. The molecule has 1 heteroatoms. The average molecular weight is 1450 g/mol. The molecule has 0 amide bonds. The van der Waals surface area contributed by atoms with Gasteiger partial charge in [-0.25, -0.2) is 0 Å². The fraction of sp³-hybridized carbons (Fsp3) is 0.236. The van der Waals surface area contributed by atoms with E-state index in [-0.39, 0.29) is 5.41 Å². The molecule has 2 aliphatic rings. The lowest BCUT2D eigenvalue weighted by Crippen LogP contribution is -2.25. The summed E-state index contributed by atoms with van der Waals surface area (Å²) in [5, 5.41) is 13.4. The summed E-state index contributed by atoms with van der Waals surface area (Å²) in [6.07, 6.45) is 19.2. The Morgan fingerprint density at radius 2 is 0.541 bits per heavy atom. The van der Waals surface area contributed by atoms with E-state index in [4.69, 9.17) is 0 Å². The molecule has 0 aliphatic heterocycles. The highest BCUT2D eigenvalue weighted by molar-refractivity contribution is 6.39. The smallest absolute Gasteiger partial charge is 0.0461 e. The van der Waals surface area contributed by atoms with Gasteiger partial charge in [-0.15, -0.1) is 0 Å².